The molecule has 1 aromatic heterocycles. The Kier molecular flexibility index (Phi) is 3.39. The Hall–Kier alpha value is -1.88. The van der Waals surface area contributed by atoms with Crippen LogP contribution < -0.4 is 0 Å². The maximum absolute atomic E-state index is 11.6. The first-order valence-corrected chi connectivity index (χ1v) is 5.36. The van der Waals surface area contributed by atoms with Gasteiger partial charge in [-0.3, -0.25) is 0 Å². The van der Waals surface area contributed by atoms with Crippen molar-refractivity contribution in [2.75, 3.05) is 13.2 Å². The van der Waals surface area contributed by atoms with E-state index in [0.29, 0.717) is 29.0 Å². The second-order valence-corrected chi connectivity index (χ2v) is 3.63. The molecule has 0 spiro atoms. The SMILES string of the molecule is Cc1nc2cc(C(=O)OCCCO)ccc2o1. The summed E-state index contributed by atoms with van der Waals surface area (Å²) in [5.74, 6) is 0.145. The monoisotopic (exact) mass is 235 g/mol. The van der Waals surface area contributed by atoms with E-state index in [1.807, 2.05) is 0 Å². The molecule has 1 heterocycles. The Morgan fingerprint density at radius 2 is 2.35 bits per heavy atom. The molecule has 0 aliphatic heterocycles. The van der Waals surface area contributed by atoms with Gasteiger partial charge in [0, 0.05) is 20.0 Å². The summed E-state index contributed by atoms with van der Waals surface area (Å²) in [6.07, 6.45) is 0.442. The number of hydrogen-bond donors (Lipinski definition) is 1. The summed E-state index contributed by atoms with van der Waals surface area (Å²) in [4.78, 5) is 15.7. The van der Waals surface area contributed by atoms with Crippen molar-refractivity contribution in [3.63, 3.8) is 0 Å². The molecule has 2 aromatic rings. The molecule has 0 atom stereocenters. The number of aliphatic hydroxyl groups is 1. The molecule has 0 saturated carbocycles. The fourth-order valence-corrected chi connectivity index (χ4v) is 1.48. The van der Waals surface area contributed by atoms with Gasteiger partial charge in [-0.05, 0) is 18.2 Å². The predicted octanol–water partition coefficient (Wildman–Crippen LogP) is 1.68. The highest BCUT2D eigenvalue weighted by atomic mass is 16.5. The van der Waals surface area contributed by atoms with E-state index in [1.165, 1.54) is 0 Å². The molecule has 17 heavy (non-hydrogen) atoms. The normalized spacial score (nSPS) is 10.7. The molecule has 0 fully saturated rings. The first kappa shape index (κ1) is 11.6. The molecule has 0 bridgehead atoms. The minimum Gasteiger partial charge on any atom is -0.462 e. The van der Waals surface area contributed by atoms with Gasteiger partial charge in [0.05, 0.1) is 12.2 Å². The van der Waals surface area contributed by atoms with Crippen LogP contribution in [0.1, 0.15) is 22.7 Å². The average molecular weight is 235 g/mol. The molecule has 1 aromatic carbocycles. The zero-order chi connectivity index (χ0) is 12.3. The average Bonchev–Trinajstić information content (AvgIpc) is 2.68. The molecule has 1 N–H and O–H groups in total. The molecular weight excluding hydrogens is 222 g/mol. The number of esters is 1. The van der Waals surface area contributed by atoms with Crippen molar-refractivity contribution in [2.24, 2.45) is 0 Å². The number of nitrogens with zero attached hydrogens (tertiary/aromatic N) is 1. The number of carbonyl (C=O) groups is 1. The summed E-state index contributed by atoms with van der Waals surface area (Å²) in [7, 11) is 0. The van der Waals surface area contributed by atoms with Crippen molar-refractivity contribution >= 4 is 17.1 Å². The lowest BCUT2D eigenvalue weighted by atomic mass is 10.2. The first-order chi connectivity index (χ1) is 8.20. The Bertz CT molecular complexity index is 532. The largest absolute Gasteiger partial charge is 0.462 e. The molecule has 0 aliphatic rings. The zero-order valence-electron chi connectivity index (χ0n) is 9.47. The van der Waals surface area contributed by atoms with Gasteiger partial charge in [-0.2, -0.15) is 0 Å². The Balaban J connectivity index is 2.15. The Morgan fingerprint density at radius 1 is 1.53 bits per heavy atom. The molecule has 90 valence electrons. The fourth-order valence-electron chi connectivity index (χ4n) is 1.48. The van der Waals surface area contributed by atoms with Gasteiger partial charge < -0.3 is 14.3 Å². The van der Waals surface area contributed by atoms with Gasteiger partial charge in [0.1, 0.15) is 5.52 Å². The minimum absolute atomic E-state index is 0.00873. The Morgan fingerprint density at radius 3 is 3.12 bits per heavy atom. The lowest BCUT2D eigenvalue weighted by Crippen LogP contribution is -2.07. The summed E-state index contributed by atoms with van der Waals surface area (Å²) < 4.78 is 10.3. The van der Waals surface area contributed by atoms with Crippen LogP contribution in [0.5, 0.6) is 0 Å². The van der Waals surface area contributed by atoms with E-state index in [9.17, 15) is 4.79 Å². The summed E-state index contributed by atoms with van der Waals surface area (Å²) in [6.45, 7) is 1.97. The van der Waals surface area contributed by atoms with Gasteiger partial charge in [0.15, 0.2) is 11.5 Å². The van der Waals surface area contributed by atoms with Crippen LogP contribution in [0.15, 0.2) is 22.6 Å². The lowest BCUT2D eigenvalue weighted by Gasteiger charge is -2.02. The second kappa shape index (κ2) is 4.97. The van der Waals surface area contributed by atoms with Crippen LogP contribution in [-0.4, -0.2) is 29.3 Å². The minimum atomic E-state index is -0.416. The van der Waals surface area contributed by atoms with Crippen LogP contribution in [0.3, 0.4) is 0 Å². The van der Waals surface area contributed by atoms with Crippen LogP contribution in [0.4, 0.5) is 0 Å². The number of rotatable bonds is 4. The number of fused-ring (bicyclic) bond motifs is 1. The number of carbonyl (C=O) groups excluding carboxylic acids is 1. The Labute approximate surface area is 98.0 Å². The van der Waals surface area contributed by atoms with Crippen LogP contribution in [0, 0.1) is 6.92 Å². The van der Waals surface area contributed by atoms with Crippen molar-refractivity contribution in [1.29, 1.82) is 0 Å². The van der Waals surface area contributed by atoms with Crippen molar-refractivity contribution in [1.82, 2.24) is 4.98 Å². The summed E-state index contributed by atoms with van der Waals surface area (Å²) in [6, 6.07) is 4.96. The predicted molar refractivity (Wildman–Crippen MR) is 60.7 cm³/mol. The van der Waals surface area contributed by atoms with Gasteiger partial charge in [-0.15, -0.1) is 0 Å². The van der Waals surface area contributed by atoms with Crippen molar-refractivity contribution in [3.8, 4) is 0 Å². The highest BCUT2D eigenvalue weighted by Crippen LogP contribution is 2.17. The van der Waals surface area contributed by atoms with Crippen LogP contribution >= 0.6 is 0 Å². The highest BCUT2D eigenvalue weighted by molar-refractivity contribution is 5.93. The van der Waals surface area contributed by atoms with E-state index in [1.54, 1.807) is 25.1 Å². The molecule has 5 nitrogen and oxygen atoms in total. The van der Waals surface area contributed by atoms with Gasteiger partial charge >= 0.3 is 5.97 Å². The third-order valence-electron chi connectivity index (χ3n) is 2.27. The van der Waals surface area contributed by atoms with Crippen molar-refractivity contribution in [3.05, 3.63) is 29.7 Å². The number of hydrogen-bond acceptors (Lipinski definition) is 5. The standard InChI is InChI=1S/C12H13NO4/c1-8-13-10-7-9(3-4-11(10)17-8)12(15)16-6-2-5-14/h3-4,7,14H,2,5-6H2,1H3. The second-order valence-electron chi connectivity index (χ2n) is 3.63. The van der Waals surface area contributed by atoms with E-state index < -0.39 is 5.97 Å². The van der Waals surface area contributed by atoms with E-state index in [2.05, 4.69) is 4.98 Å². The van der Waals surface area contributed by atoms with Gasteiger partial charge in [0.25, 0.3) is 0 Å². The molecule has 0 aliphatic carbocycles. The third-order valence-corrected chi connectivity index (χ3v) is 2.27. The topological polar surface area (TPSA) is 72.6 Å². The molecule has 0 amide bonds. The maximum atomic E-state index is 11.6. The molecule has 0 unspecified atom stereocenters. The zero-order valence-corrected chi connectivity index (χ0v) is 9.47. The number of aromatic nitrogens is 1. The quantitative estimate of drug-likeness (QED) is 0.644. The molecule has 2 rings (SSSR count). The number of aryl methyl sites for hydroxylation is 1. The summed E-state index contributed by atoms with van der Waals surface area (Å²) in [5.41, 5.74) is 1.72. The van der Waals surface area contributed by atoms with E-state index in [-0.39, 0.29) is 13.2 Å². The molecule has 0 radical (unpaired) electrons. The number of oxazole rings is 1. The van der Waals surface area contributed by atoms with Crippen LogP contribution in [0.2, 0.25) is 0 Å². The van der Waals surface area contributed by atoms with Gasteiger partial charge in [-0.25, -0.2) is 9.78 Å². The first-order valence-electron chi connectivity index (χ1n) is 5.36. The van der Waals surface area contributed by atoms with Gasteiger partial charge in [-0.1, -0.05) is 0 Å². The van der Waals surface area contributed by atoms with E-state index >= 15 is 0 Å². The fraction of sp³-hybridized carbons (Fsp3) is 0.333. The molecule has 5 heteroatoms. The van der Waals surface area contributed by atoms with Gasteiger partial charge in [0.2, 0.25) is 0 Å². The highest BCUT2D eigenvalue weighted by Gasteiger charge is 2.10. The maximum Gasteiger partial charge on any atom is 0.338 e. The molecule has 0 saturated heterocycles. The number of aliphatic hydroxyl groups excluding tert-OH is 1. The van der Waals surface area contributed by atoms with E-state index in [4.69, 9.17) is 14.3 Å². The number of ether oxygens (including phenoxy) is 1. The van der Waals surface area contributed by atoms with E-state index in [0.717, 1.165) is 0 Å². The van der Waals surface area contributed by atoms with Crippen LogP contribution in [-0.2, 0) is 4.74 Å². The van der Waals surface area contributed by atoms with Crippen LogP contribution in [0.25, 0.3) is 11.1 Å². The summed E-state index contributed by atoms with van der Waals surface area (Å²) in [5, 5.41) is 8.58. The smallest absolute Gasteiger partial charge is 0.338 e. The number of benzene rings is 1. The lowest BCUT2D eigenvalue weighted by molar-refractivity contribution is 0.0482. The van der Waals surface area contributed by atoms with Crippen molar-refractivity contribution in [2.45, 2.75) is 13.3 Å². The molecular formula is C12H13NO4. The van der Waals surface area contributed by atoms with Crippen molar-refractivity contribution < 1.29 is 19.1 Å². The third kappa shape index (κ3) is 2.62. The summed E-state index contributed by atoms with van der Waals surface area (Å²) >= 11 is 0.